The fourth-order valence-electron chi connectivity index (χ4n) is 0.979. The van der Waals surface area contributed by atoms with Gasteiger partial charge in [-0.15, -0.1) is 0 Å². The van der Waals surface area contributed by atoms with E-state index >= 15 is 0 Å². The summed E-state index contributed by atoms with van der Waals surface area (Å²) in [6.07, 6.45) is 0. The Morgan fingerprint density at radius 3 is 2.58 bits per heavy atom. The summed E-state index contributed by atoms with van der Waals surface area (Å²) in [5.41, 5.74) is 1.27. The number of nitrogens with zero attached hydrogens (tertiary/aromatic N) is 2. The third-order valence-corrected chi connectivity index (χ3v) is 2.36. The normalized spacial score (nSPS) is 10.0. The lowest BCUT2D eigenvalue weighted by Crippen LogP contribution is -2.09. The third kappa shape index (κ3) is 1.36. The van der Waals surface area contributed by atoms with Crippen LogP contribution in [0, 0.1) is 6.92 Å². The van der Waals surface area contributed by atoms with Crippen molar-refractivity contribution >= 4 is 21.9 Å². The summed E-state index contributed by atoms with van der Waals surface area (Å²) < 4.78 is 6.75. The van der Waals surface area contributed by atoms with E-state index < -0.39 is 0 Å². The van der Waals surface area contributed by atoms with E-state index in [-0.39, 0.29) is 5.97 Å². The molecule has 0 fully saturated rings. The molecule has 0 unspecified atom stereocenters. The number of hydrogen-bond acceptors (Lipinski definition) is 3. The van der Waals surface area contributed by atoms with E-state index in [1.807, 2.05) is 6.92 Å². The molecule has 66 valence electrons. The summed E-state index contributed by atoms with van der Waals surface area (Å²) in [7, 11) is 3.05. The van der Waals surface area contributed by atoms with Crippen molar-refractivity contribution in [1.29, 1.82) is 0 Å². The predicted molar refractivity (Wildman–Crippen MR) is 47.0 cm³/mol. The average Bonchev–Trinajstić information content (AvgIpc) is 2.26. The molecular weight excluding hydrogens is 224 g/mol. The van der Waals surface area contributed by atoms with Crippen LogP contribution in [0.5, 0.6) is 0 Å². The van der Waals surface area contributed by atoms with Crippen LogP contribution in [0.15, 0.2) is 4.60 Å². The Hall–Kier alpha value is -0.840. The number of rotatable bonds is 1. The average molecular weight is 233 g/mol. The molecule has 12 heavy (non-hydrogen) atoms. The molecule has 0 saturated carbocycles. The molecule has 1 heterocycles. The fourth-order valence-corrected chi connectivity index (χ4v) is 1.40. The van der Waals surface area contributed by atoms with Crippen LogP contribution in [-0.4, -0.2) is 22.9 Å². The molecule has 0 aromatic carbocycles. The summed E-state index contributed by atoms with van der Waals surface area (Å²) in [6.45, 7) is 1.81. The van der Waals surface area contributed by atoms with Crippen molar-refractivity contribution in [2.24, 2.45) is 7.05 Å². The molecule has 0 N–H and O–H groups in total. The topological polar surface area (TPSA) is 44.1 Å². The van der Waals surface area contributed by atoms with E-state index in [1.54, 1.807) is 7.05 Å². The van der Waals surface area contributed by atoms with Crippen LogP contribution in [-0.2, 0) is 11.8 Å². The lowest BCUT2D eigenvalue weighted by atomic mass is 10.3. The van der Waals surface area contributed by atoms with Crippen LogP contribution in [0.2, 0.25) is 0 Å². The van der Waals surface area contributed by atoms with Gasteiger partial charge in [-0.3, -0.25) is 4.68 Å². The largest absolute Gasteiger partial charge is 0.464 e. The van der Waals surface area contributed by atoms with Gasteiger partial charge in [-0.1, -0.05) is 0 Å². The van der Waals surface area contributed by atoms with E-state index in [2.05, 4.69) is 25.8 Å². The molecule has 1 aromatic heterocycles. The molecule has 4 nitrogen and oxygen atoms in total. The van der Waals surface area contributed by atoms with E-state index in [1.165, 1.54) is 11.8 Å². The summed E-state index contributed by atoms with van der Waals surface area (Å²) in [6, 6.07) is 0. The van der Waals surface area contributed by atoms with E-state index in [4.69, 9.17) is 0 Å². The van der Waals surface area contributed by atoms with Gasteiger partial charge in [-0.05, 0) is 22.9 Å². The Kier molecular flexibility index (Phi) is 2.52. The molecular formula is C7H9BrN2O2. The van der Waals surface area contributed by atoms with Crippen LogP contribution in [0.4, 0.5) is 0 Å². The number of aromatic nitrogens is 2. The highest BCUT2D eigenvalue weighted by molar-refractivity contribution is 9.10. The SMILES string of the molecule is COC(=O)c1c(C)c(Br)nn1C. The molecule has 0 aliphatic rings. The molecule has 1 aromatic rings. The molecule has 1 rings (SSSR count). The van der Waals surface area contributed by atoms with Crippen LogP contribution >= 0.6 is 15.9 Å². The number of methoxy groups -OCH3 is 1. The first kappa shape index (κ1) is 9.25. The molecule has 0 aliphatic carbocycles. The number of esters is 1. The van der Waals surface area contributed by atoms with E-state index in [0.717, 1.165) is 5.56 Å². The maximum absolute atomic E-state index is 11.2. The molecule has 0 amide bonds. The number of carbonyl (C=O) groups is 1. The second-order valence-electron chi connectivity index (χ2n) is 2.38. The Balaban J connectivity index is 3.22. The number of hydrogen-bond donors (Lipinski definition) is 0. The molecule has 0 spiro atoms. The van der Waals surface area contributed by atoms with Gasteiger partial charge in [-0.25, -0.2) is 4.79 Å². The zero-order chi connectivity index (χ0) is 9.30. The minimum atomic E-state index is -0.367. The van der Waals surface area contributed by atoms with Crippen LogP contribution < -0.4 is 0 Å². The number of aryl methyl sites for hydroxylation is 1. The van der Waals surface area contributed by atoms with E-state index in [0.29, 0.717) is 10.3 Å². The lowest BCUT2D eigenvalue weighted by molar-refractivity contribution is 0.0587. The molecule has 5 heteroatoms. The summed E-state index contributed by atoms with van der Waals surface area (Å²) in [5, 5.41) is 4.01. The van der Waals surface area contributed by atoms with Gasteiger partial charge in [0.15, 0.2) is 0 Å². The molecule has 0 atom stereocenters. The zero-order valence-electron chi connectivity index (χ0n) is 7.09. The summed E-state index contributed by atoms with van der Waals surface area (Å²) in [4.78, 5) is 11.2. The maximum Gasteiger partial charge on any atom is 0.356 e. The highest BCUT2D eigenvalue weighted by atomic mass is 79.9. The van der Waals surface area contributed by atoms with Gasteiger partial charge < -0.3 is 4.74 Å². The number of carbonyl (C=O) groups excluding carboxylic acids is 1. The first-order chi connectivity index (χ1) is 5.57. The molecule has 0 radical (unpaired) electrons. The number of ether oxygens (including phenoxy) is 1. The van der Waals surface area contributed by atoms with Gasteiger partial charge in [0.25, 0.3) is 0 Å². The van der Waals surface area contributed by atoms with Crippen molar-refractivity contribution in [2.75, 3.05) is 7.11 Å². The Morgan fingerprint density at radius 2 is 2.25 bits per heavy atom. The third-order valence-electron chi connectivity index (χ3n) is 1.60. The molecule has 0 saturated heterocycles. The van der Waals surface area contributed by atoms with E-state index in [9.17, 15) is 4.79 Å². The first-order valence-electron chi connectivity index (χ1n) is 3.35. The van der Waals surface area contributed by atoms with Gasteiger partial charge in [0, 0.05) is 12.6 Å². The van der Waals surface area contributed by atoms with Crippen molar-refractivity contribution in [3.63, 3.8) is 0 Å². The van der Waals surface area contributed by atoms with Gasteiger partial charge in [0.2, 0.25) is 0 Å². The minimum absolute atomic E-state index is 0.367. The smallest absolute Gasteiger partial charge is 0.356 e. The van der Waals surface area contributed by atoms with Crippen molar-refractivity contribution in [3.8, 4) is 0 Å². The molecule has 0 bridgehead atoms. The Bertz CT molecular complexity index is 319. The monoisotopic (exact) mass is 232 g/mol. The first-order valence-corrected chi connectivity index (χ1v) is 4.14. The second kappa shape index (κ2) is 3.26. The Labute approximate surface area is 78.6 Å². The lowest BCUT2D eigenvalue weighted by Gasteiger charge is -1.99. The van der Waals surface area contributed by atoms with Gasteiger partial charge in [0.05, 0.1) is 7.11 Å². The highest BCUT2D eigenvalue weighted by Gasteiger charge is 2.17. The van der Waals surface area contributed by atoms with Crippen LogP contribution in [0.3, 0.4) is 0 Å². The zero-order valence-corrected chi connectivity index (χ0v) is 8.67. The Morgan fingerprint density at radius 1 is 1.67 bits per heavy atom. The van der Waals surface area contributed by atoms with Crippen molar-refractivity contribution < 1.29 is 9.53 Å². The van der Waals surface area contributed by atoms with Crippen molar-refractivity contribution in [3.05, 3.63) is 15.9 Å². The van der Waals surface area contributed by atoms with Crippen LogP contribution in [0.25, 0.3) is 0 Å². The van der Waals surface area contributed by atoms with Gasteiger partial charge in [0.1, 0.15) is 10.3 Å². The van der Waals surface area contributed by atoms with Crippen LogP contribution in [0.1, 0.15) is 16.1 Å². The highest BCUT2D eigenvalue weighted by Crippen LogP contribution is 2.18. The van der Waals surface area contributed by atoms with Gasteiger partial charge in [-0.2, -0.15) is 5.10 Å². The molecule has 0 aliphatic heterocycles. The summed E-state index contributed by atoms with van der Waals surface area (Å²) >= 11 is 3.22. The maximum atomic E-state index is 11.2. The standard InChI is InChI=1S/C7H9BrN2O2/c1-4-5(7(11)12-3)10(2)9-6(4)8/h1-3H3. The summed E-state index contributed by atoms with van der Waals surface area (Å²) in [5.74, 6) is -0.367. The fraction of sp³-hybridized carbons (Fsp3) is 0.429. The minimum Gasteiger partial charge on any atom is -0.464 e. The van der Waals surface area contributed by atoms with Crippen molar-refractivity contribution in [2.45, 2.75) is 6.92 Å². The number of halogens is 1. The quantitative estimate of drug-likeness (QED) is 0.686. The second-order valence-corrected chi connectivity index (χ2v) is 3.13. The predicted octanol–water partition coefficient (Wildman–Crippen LogP) is 1.28. The van der Waals surface area contributed by atoms with Gasteiger partial charge >= 0.3 is 5.97 Å². The van der Waals surface area contributed by atoms with Crippen molar-refractivity contribution in [1.82, 2.24) is 9.78 Å².